The molecule has 0 bridgehead atoms. The maximum atomic E-state index is 12.7. The lowest BCUT2D eigenvalue weighted by Gasteiger charge is -2.26. The maximum Gasteiger partial charge on any atom is 0.251 e. The Kier molecular flexibility index (Phi) is 5.42. The number of hydrogen-bond acceptors (Lipinski definition) is 6. The standard InChI is InChI=1S/C22H23N7O2/c30-22(23-6-7-29-8-10-31-11-9-29)17-3-1-2-15(12-17)20-18-13-16(21-24-14-25-28-21)4-5-19(18)26-27-20/h1-5,12-14H,6-11H2,(H,23,30)(H,26,27)(H,24,25,28). The van der Waals surface area contributed by atoms with Gasteiger partial charge in [0.1, 0.15) is 6.33 Å². The molecule has 0 atom stereocenters. The third-order valence-corrected chi connectivity index (χ3v) is 5.47. The van der Waals surface area contributed by atoms with E-state index in [0.29, 0.717) is 17.9 Å². The molecule has 9 heteroatoms. The van der Waals surface area contributed by atoms with Crippen molar-refractivity contribution in [1.29, 1.82) is 0 Å². The van der Waals surface area contributed by atoms with Crippen molar-refractivity contribution >= 4 is 16.8 Å². The Bertz CT molecular complexity index is 1180. The number of fused-ring (bicyclic) bond motifs is 1. The summed E-state index contributed by atoms with van der Waals surface area (Å²) in [4.78, 5) is 19.2. The number of carbonyl (C=O) groups excluding carboxylic acids is 1. The van der Waals surface area contributed by atoms with E-state index in [1.54, 1.807) is 0 Å². The Hall–Kier alpha value is -3.56. The van der Waals surface area contributed by atoms with E-state index >= 15 is 0 Å². The molecule has 31 heavy (non-hydrogen) atoms. The Labute approximate surface area is 178 Å². The normalized spacial score (nSPS) is 14.7. The number of H-pyrrole nitrogens is 2. The summed E-state index contributed by atoms with van der Waals surface area (Å²) in [6.07, 6.45) is 1.48. The average Bonchev–Trinajstić information content (AvgIpc) is 3.50. The minimum absolute atomic E-state index is 0.0858. The highest BCUT2D eigenvalue weighted by Gasteiger charge is 2.14. The van der Waals surface area contributed by atoms with Gasteiger partial charge in [-0.2, -0.15) is 10.2 Å². The van der Waals surface area contributed by atoms with Gasteiger partial charge in [0.25, 0.3) is 5.91 Å². The van der Waals surface area contributed by atoms with E-state index in [-0.39, 0.29) is 5.91 Å². The Morgan fingerprint density at radius 2 is 2.00 bits per heavy atom. The van der Waals surface area contributed by atoms with Gasteiger partial charge < -0.3 is 10.1 Å². The fourth-order valence-corrected chi connectivity index (χ4v) is 3.79. The molecule has 9 nitrogen and oxygen atoms in total. The molecule has 2 aromatic carbocycles. The van der Waals surface area contributed by atoms with Crippen LogP contribution in [0.4, 0.5) is 0 Å². The second-order valence-electron chi connectivity index (χ2n) is 7.46. The smallest absolute Gasteiger partial charge is 0.251 e. The molecule has 5 rings (SSSR count). The summed E-state index contributed by atoms with van der Waals surface area (Å²) in [6, 6.07) is 13.5. The number of morpholine rings is 1. The first-order valence-electron chi connectivity index (χ1n) is 10.3. The molecular weight excluding hydrogens is 394 g/mol. The number of ether oxygens (including phenoxy) is 1. The number of nitrogens with zero attached hydrogens (tertiary/aromatic N) is 4. The summed E-state index contributed by atoms with van der Waals surface area (Å²) in [7, 11) is 0. The number of amides is 1. The van der Waals surface area contributed by atoms with Crippen molar-refractivity contribution in [2.45, 2.75) is 0 Å². The Balaban J connectivity index is 1.34. The van der Waals surface area contributed by atoms with Gasteiger partial charge in [-0.05, 0) is 30.3 Å². The topological polar surface area (TPSA) is 112 Å². The van der Waals surface area contributed by atoms with Crippen LogP contribution in [0.25, 0.3) is 33.5 Å². The highest BCUT2D eigenvalue weighted by molar-refractivity contribution is 5.98. The van der Waals surface area contributed by atoms with Crippen molar-refractivity contribution in [3.05, 3.63) is 54.4 Å². The first-order valence-corrected chi connectivity index (χ1v) is 10.3. The molecule has 1 amide bonds. The number of nitrogens with one attached hydrogen (secondary N) is 3. The molecule has 3 heterocycles. The van der Waals surface area contributed by atoms with E-state index in [4.69, 9.17) is 4.74 Å². The molecule has 0 aliphatic carbocycles. The predicted molar refractivity (Wildman–Crippen MR) is 116 cm³/mol. The van der Waals surface area contributed by atoms with Gasteiger partial charge in [0, 0.05) is 48.3 Å². The first kappa shape index (κ1) is 19.4. The minimum atomic E-state index is -0.0858. The number of benzene rings is 2. The quantitative estimate of drug-likeness (QED) is 0.443. The van der Waals surface area contributed by atoms with Crippen molar-refractivity contribution < 1.29 is 9.53 Å². The van der Waals surface area contributed by atoms with Crippen molar-refractivity contribution in [2.75, 3.05) is 39.4 Å². The summed E-state index contributed by atoms with van der Waals surface area (Å²) >= 11 is 0. The van der Waals surface area contributed by atoms with Gasteiger partial charge in [-0.1, -0.05) is 12.1 Å². The van der Waals surface area contributed by atoms with Crippen LogP contribution in [0.1, 0.15) is 10.4 Å². The van der Waals surface area contributed by atoms with Gasteiger partial charge in [0.15, 0.2) is 5.82 Å². The van der Waals surface area contributed by atoms with Crippen LogP contribution < -0.4 is 5.32 Å². The number of hydrogen-bond donors (Lipinski definition) is 3. The van der Waals surface area contributed by atoms with Crippen molar-refractivity contribution in [1.82, 2.24) is 35.6 Å². The van der Waals surface area contributed by atoms with Crippen LogP contribution in [0.2, 0.25) is 0 Å². The third kappa shape index (κ3) is 4.18. The van der Waals surface area contributed by atoms with Crippen molar-refractivity contribution in [3.63, 3.8) is 0 Å². The molecule has 1 saturated heterocycles. The van der Waals surface area contributed by atoms with Crippen LogP contribution in [-0.2, 0) is 4.74 Å². The summed E-state index contributed by atoms with van der Waals surface area (Å²) in [5.74, 6) is 0.611. The van der Waals surface area contributed by atoms with E-state index in [1.165, 1.54) is 6.33 Å². The fraction of sp³-hybridized carbons (Fsp3) is 0.273. The second-order valence-corrected chi connectivity index (χ2v) is 7.46. The fourth-order valence-electron chi connectivity index (χ4n) is 3.79. The van der Waals surface area contributed by atoms with Crippen LogP contribution in [0, 0.1) is 0 Å². The third-order valence-electron chi connectivity index (χ3n) is 5.47. The molecule has 1 fully saturated rings. The summed E-state index contributed by atoms with van der Waals surface area (Å²) < 4.78 is 5.36. The predicted octanol–water partition coefficient (Wildman–Crippen LogP) is 2.08. The monoisotopic (exact) mass is 417 g/mol. The van der Waals surface area contributed by atoms with Gasteiger partial charge >= 0.3 is 0 Å². The maximum absolute atomic E-state index is 12.7. The molecule has 158 valence electrons. The zero-order valence-corrected chi connectivity index (χ0v) is 17.0. The van der Waals surface area contributed by atoms with E-state index in [9.17, 15) is 4.79 Å². The van der Waals surface area contributed by atoms with Crippen LogP contribution >= 0.6 is 0 Å². The molecule has 1 aliphatic rings. The van der Waals surface area contributed by atoms with Crippen molar-refractivity contribution in [3.8, 4) is 22.6 Å². The Morgan fingerprint density at radius 3 is 2.84 bits per heavy atom. The molecule has 3 N–H and O–H groups in total. The van der Waals surface area contributed by atoms with Crippen LogP contribution in [-0.4, -0.2) is 75.6 Å². The largest absolute Gasteiger partial charge is 0.379 e. The first-order chi connectivity index (χ1) is 15.3. The highest BCUT2D eigenvalue weighted by atomic mass is 16.5. The van der Waals surface area contributed by atoms with Crippen LogP contribution in [0.15, 0.2) is 48.8 Å². The van der Waals surface area contributed by atoms with Gasteiger partial charge in [-0.3, -0.25) is 19.9 Å². The summed E-state index contributed by atoms with van der Waals surface area (Å²) in [6.45, 7) is 4.76. The van der Waals surface area contributed by atoms with E-state index in [1.807, 2.05) is 42.5 Å². The van der Waals surface area contributed by atoms with E-state index in [0.717, 1.165) is 60.6 Å². The molecular formula is C22H23N7O2. The highest BCUT2D eigenvalue weighted by Crippen LogP contribution is 2.29. The number of aromatic amines is 2. The SMILES string of the molecule is O=C(NCCN1CCOCC1)c1cccc(-c2n[nH]c3ccc(-c4ncn[nH]4)cc23)c1. The summed E-state index contributed by atoms with van der Waals surface area (Å²) in [5, 5.41) is 18.3. The number of aromatic nitrogens is 5. The van der Waals surface area contributed by atoms with Crippen molar-refractivity contribution in [2.24, 2.45) is 0 Å². The zero-order chi connectivity index (χ0) is 21.0. The lowest BCUT2D eigenvalue weighted by Crippen LogP contribution is -2.41. The molecule has 0 saturated carbocycles. The Morgan fingerprint density at radius 1 is 1.10 bits per heavy atom. The second kappa shape index (κ2) is 8.66. The summed E-state index contributed by atoms with van der Waals surface area (Å²) in [5.41, 5.74) is 4.12. The average molecular weight is 417 g/mol. The molecule has 0 radical (unpaired) electrons. The van der Waals surface area contributed by atoms with E-state index in [2.05, 4.69) is 35.6 Å². The lowest BCUT2D eigenvalue weighted by molar-refractivity contribution is 0.0383. The zero-order valence-electron chi connectivity index (χ0n) is 17.0. The van der Waals surface area contributed by atoms with Crippen LogP contribution in [0.3, 0.4) is 0 Å². The number of rotatable bonds is 6. The van der Waals surface area contributed by atoms with Gasteiger partial charge in [-0.15, -0.1) is 0 Å². The minimum Gasteiger partial charge on any atom is -0.379 e. The van der Waals surface area contributed by atoms with Gasteiger partial charge in [-0.25, -0.2) is 4.98 Å². The molecule has 2 aromatic heterocycles. The lowest BCUT2D eigenvalue weighted by atomic mass is 10.0. The molecule has 1 aliphatic heterocycles. The van der Waals surface area contributed by atoms with Gasteiger partial charge in [0.2, 0.25) is 0 Å². The molecule has 0 unspecified atom stereocenters. The van der Waals surface area contributed by atoms with Gasteiger partial charge in [0.05, 0.1) is 24.4 Å². The van der Waals surface area contributed by atoms with E-state index < -0.39 is 0 Å². The van der Waals surface area contributed by atoms with Crippen LogP contribution in [0.5, 0.6) is 0 Å². The molecule has 4 aromatic rings. The molecule has 0 spiro atoms. The number of carbonyl (C=O) groups is 1.